The van der Waals surface area contributed by atoms with Crippen molar-refractivity contribution in [3.8, 4) is 0 Å². The summed E-state index contributed by atoms with van der Waals surface area (Å²) in [4.78, 5) is 11.5. The van der Waals surface area contributed by atoms with Gasteiger partial charge in [-0.3, -0.25) is 4.79 Å². The maximum Gasteiger partial charge on any atom is 0.451 e. The number of hydrogen-bond acceptors (Lipinski definition) is 5. The predicted octanol–water partition coefficient (Wildman–Crippen LogP) is 1.44. The van der Waals surface area contributed by atoms with Crippen LogP contribution in [0.15, 0.2) is 30.3 Å². The Labute approximate surface area is 143 Å². The van der Waals surface area contributed by atoms with E-state index in [9.17, 15) is 9.90 Å². The van der Waals surface area contributed by atoms with E-state index in [1.54, 1.807) is 6.92 Å². The highest BCUT2D eigenvalue weighted by molar-refractivity contribution is 6.40. The third kappa shape index (κ3) is 7.33. The van der Waals surface area contributed by atoms with Gasteiger partial charge in [-0.25, -0.2) is 0 Å². The van der Waals surface area contributed by atoms with Crippen LogP contribution in [0.3, 0.4) is 0 Å². The van der Waals surface area contributed by atoms with Crippen LogP contribution in [-0.2, 0) is 16.1 Å². The molecule has 0 aliphatic carbocycles. The van der Waals surface area contributed by atoms with E-state index >= 15 is 0 Å². The van der Waals surface area contributed by atoms with Crippen LogP contribution >= 0.6 is 12.4 Å². The zero-order valence-corrected chi connectivity index (χ0v) is 14.0. The number of unbranched alkanes of at least 4 members (excludes halogenated alkanes) is 1. The van der Waals surface area contributed by atoms with Crippen molar-refractivity contribution in [2.45, 2.75) is 50.8 Å². The lowest BCUT2D eigenvalue weighted by molar-refractivity contribution is -0.150. The summed E-state index contributed by atoms with van der Waals surface area (Å²) >= 11 is 0. The highest BCUT2D eigenvalue weighted by Crippen LogP contribution is 2.21. The smallest absolute Gasteiger partial charge is 0.451 e. The van der Waals surface area contributed by atoms with Crippen LogP contribution in [0.2, 0.25) is 6.32 Å². The Bertz CT molecular complexity index is 462. The third-order valence-electron chi connectivity index (χ3n) is 3.77. The van der Waals surface area contributed by atoms with E-state index in [4.69, 9.17) is 20.5 Å². The summed E-state index contributed by atoms with van der Waals surface area (Å²) in [5.41, 5.74) is 5.47. The van der Waals surface area contributed by atoms with Crippen molar-refractivity contribution in [2.75, 3.05) is 0 Å². The first-order valence-corrected chi connectivity index (χ1v) is 7.40. The molecule has 0 spiro atoms. The molecule has 6 nitrogen and oxygen atoms in total. The van der Waals surface area contributed by atoms with E-state index in [0.29, 0.717) is 19.4 Å². The van der Waals surface area contributed by atoms with Crippen LogP contribution in [0.1, 0.15) is 31.7 Å². The van der Waals surface area contributed by atoms with Gasteiger partial charge >= 0.3 is 13.1 Å². The van der Waals surface area contributed by atoms with E-state index in [2.05, 4.69) is 0 Å². The van der Waals surface area contributed by atoms with Gasteiger partial charge in [0.1, 0.15) is 5.54 Å². The Morgan fingerprint density at radius 2 is 1.91 bits per heavy atom. The van der Waals surface area contributed by atoms with E-state index < -0.39 is 24.7 Å². The lowest BCUT2D eigenvalue weighted by atomic mass is 9.81. The molecule has 0 aliphatic heterocycles. The van der Waals surface area contributed by atoms with Gasteiger partial charge in [-0.15, -0.1) is 12.4 Å². The minimum atomic E-state index is -1.49. The second kappa shape index (κ2) is 10.6. The van der Waals surface area contributed by atoms with Gasteiger partial charge < -0.3 is 25.6 Å². The van der Waals surface area contributed by atoms with Crippen molar-refractivity contribution in [1.82, 2.24) is 0 Å². The van der Waals surface area contributed by atoms with Crippen molar-refractivity contribution < 1.29 is 24.7 Å². The monoisotopic (exact) mass is 345 g/mol. The molecule has 1 rings (SSSR count). The second-order valence-electron chi connectivity index (χ2n) is 5.51. The van der Waals surface area contributed by atoms with Crippen LogP contribution in [0, 0.1) is 0 Å². The van der Waals surface area contributed by atoms with Crippen LogP contribution < -0.4 is 5.73 Å². The van der Waals surface area contributed by atoms with Gasteiger partial charge in [-0.1, -0.05) is 43.2 Å². The van der Waals surface area contributed by atoms with Crippen molar-refractivity contribution in [2.24, 2.45) is 5.73 Å². The summed E-state index contributed by atoms with van der Waals surface area (Å²) in [5, 5.41) is 27.0. The molecule has 0 saturated heterocycles. The SMILES string of the molecule is CC(OCc1ccccc1)C(N)(CCCCB(O)O)C(=O)O.Cl. The lowest BCUT2D eigenvalue weighted by Gasteiger charge is -2.31. The molecule has 2 atom stereocenters. The van der Waals surface area contributed by atoms with Crippen LogP contribution in [-0.4, -0.2) is 39.9 Å². The molecule has 0 amide bonds. The van der Waals surface area contributed by atoms with Crippen molar-refractivity contribution in [3.63, 3.8) is 0 Å². The molecule has 0 saturated carbocycles. The summed E-state index contributed by atoms with van der Waals surface area (Å²) in [5.74, 6) is -1.11. The van der Waals surface area contributed by atoms with Crippen molar-refractivity contribution in [3.05, 3.63) is 35.9 Å². The van der Waals surface area contributed by atoms with Gasteiger partial charge in [0.05, 0.1) is 12.7 Å². The fourth-order valence-electron chi connectivity index (χ4n) is 2.17. The molecule has 23 heavy (non-hydrogen) atoms. The zero-order chi connectivity index (χ0) is 16.6. The number of rotatable bonds is 10. The topological polar surface area (TPSA) is 113 Å². The summed E-state index contributed by atoms with van der Waals surface area (Å²) in [6, 6.07) is 9.46. The van der Waals surface area contributed by atoms with E-state index in [1.165, 1.54) is 0 Å². The molecule has 0 aromatic heterocycles. The number of hydrogen-bond donors (Lipinski definition) is 4. The first-order valence-electron chi connectivity index (χ1n) is 7.40. The summed E-state index contributed by atoms with van der Waals surface area (Å²) in [6.45, 7) is 1.95. The zero-order valence-electron chi connectivity index (χ0n) is 13.2. The Kier molecular flexibility index (Phi) is 10.1. The van der Waals surface area contributed by atoms with Crippen LogP contribution in [0.4, 0.5) is 0 Å². The summed E-state index contributed by atoms with van der Waals surface area (Å²) in [6.07, 6.45) is 0.735. The van der Waals surface area contributed by atoms with E-state index in [-0.39, 0.29) is 25.1 Å². The lowest BCUT2D eigenvalue weighted by Crippen LogP contribution is -2.57. The molecule has 0 radical (unpaired) electrons. The Balaban J connectivity index is 0.00000484. The number of aliphatic carboxylic acids is 1. The first-order chi connectivity index (χ1) is 10.4. The molecule has 130 valence electrons. The molecule has 8 heteroatoms. The molecule has 0 bridgehead atoms. The van der Waals surface area contributed by atoms with Gasteiger partial charge in [0.25, 0.3) is 0 Å². The largest absolute Gasteiger partial charge is 0.480 e. The minimum absolute atomic E-state index is 0. The standard InChI is InChI=1S/C15H24BNO5.ClH/c1-12(22-11-13-7-3-2-4-8-13)15(17,14(18)19)9-5-6-10-16(20)21;/h2-4,7-8,12,20-21H,5-6,9-11,17H2,1H3,(H,18,19);1H. The number of ether oxygens (including phenoxy) is 1. The third-order valence-corrected chi connectivity index (χ3v) is 3.77. The summed E-state index contributed by atoms with van der Waals surface area (Å²) < 4.78 is 5.63. The fourth-order valence-corrected chi connectivity index (χ4v) is 2.17. The normalized spacial score (nSPS) is 14.4. The van der Waals surface area contributed by atoms with Gasteiger partial charge in [0.2, 0.25) is 0 Å². The quantitative estimate of drug-likeness (QED) is 0.377. The van der Waals surface area contributed by atoms with E-state index in [1.807, 2.05) is 30.3 Å². The highest BCUT2D eigenvalue weighted by atomic mass is 35.5. The number of nitrogens with two attached hydrogens (primary N) is 1. The molecule has 1 aromatic rings. The molecule has 0 heterocycles. The van der Waals surface area contributed by atoms with Crippen molar-refractivity contribution >= 4 is 25.5 Å². The molecule has 0 fully saturated rings. The van der Waals surface area contributed by atoms with Gasteiger partial charge in [-0.2, -0.15) is 0 Å². The number of halogens is 1. The predicted molar refractivity (Wildman–Crippen MR) is 91.3 cm³/mol. The van der Waals surface area contributed by atoms with Crippen LogP contribution in [0.25, 0.3) is 0 Å². The molecule has 1 aromatic carbocycles. The maximum absolute atomic E-state index is 11.5. The molecule has 0 aliphatic rings. The minimum Gasteiger partial charge on any atom is -0.480 e. The first kappa shape index (κ1) is 21.9. The van der Waals surface area contributed by atoms with Gasteiger partial charge in [0, 0.05) is 0 Å². The molecule has 5 N–H and O–H groups in total. The highest BCUT2D eigenvalue weighted by Gasteiger charge is 2.40. The number of carboxylic acid groups (broad SMARTS) is 1. The average molecular weight is 346 g/mol. The van der Waals surface area contributed by atoms with E-state index in [0.717, 1.165) is 5.56 Å². The Morgan fingerprint density at radius 3 is 2.43 bits per heavy atom. The average Bonchev–Trinajstić information content (AvgIpc) is 2.49. The fraction of sp³-hybridized carbons (Fsp3) is 0.533. The van der Waals surface area contributed by atoms with Crippen LogP contribution in [0.5, 0.6) is 0 Å². The van der Waals surface area contributed by atoms with Gasteiger partial charge in [0.15, 0.2) is 0 Å². The number of carboxylic acids is 1. The number of carbonyl (C=O) groups is 1. The second-order valence-corrected chi connectivity index (χ2v) is 5.51. The molecular formula is C15H25BClNO5. The molecule has 2 unspecified atom stereocenters. The summed E-state index contributed by atoms with van der Waals surface area (Å²) in [7, 11) is -1.37. The Hall–Kier alpha value is -1.12. The van der Waals surface area contributed by atoms with Gasteiger partial charge in [-0.05, 0) is 25.2 Å². The molecular weight excluding hydrogens is 320 g/mol. The Morgan fingerprint density at radius 1 is 1.30 bits per heavy atom. The maximum atomic E-state index is 11.5. The van der Waals surface area contributed by atoms with Crippen molar-refractivity contribution in [1.29, 1.82) is 0 Å². The number of benzene rings is 1.